The van der Waals surface area contributed by atoms with Gasteiger partial charge in [0.25, 0.3) is 5.91 Å². The van der Waals surface area contributed by atoms with E-state index in [-0.39, 0.29) is 41.8 Å². The number of amides is 2. The lowest BCUT2D eigenvalue weighted by atomic mass is 10.1. The Bertz CT molecular complexity index is 1220. The molecule has 1 atom stereocenters. The standard InChI is InChI=1S/C23H25N3O6S/c1-15-3-8-19(13-16(15)2)33(31,32)25-11-9-24(10-12-25)20-14-21(27)26(22(20)28)18-6-4-17(5-7-18)23(29)30/h3-8,13,20H,9-12,14H2,1-2H3,(H,29,30). The molecular weight excluding hydrogens is 446 g/mol. The predicted molar refractivity (Wildman–Crippen MR) is 121 cm³/mol. The Morgan fingerprint density at radius 1 is 0.939 bits per heavy atom. The first-order chi connectivity index (χ1) is 15.6. The Hall–Kier alpha value is -3.08. The van der Waals surface area contributed by atoms with E-state index < -0.39 is 22.0 Å². The average molecular weight is 472 g/mol. The first-order valence-corrected chi connectivity index (χ1v) is 12.0. The summed E-state index contributed by atoms with van der Waals surface area (Å²) in [4.78, 5) is 39.8. The van der Waals surface area contributed by atoms with Gasteiger partial charge in [0, 0.05) is 26.2 Å². The van der Waals surface area contributed by atoms with Gasteiger partial charge >= 0.3 is 5.97 Å². The van der Waals surface area contributed by atoms with Crippen molar-refractivity contribution >= 4 is 33.5 Å². The van der Waals surface area contributed by atoms with Gasteiger partial charge in [0.2, 0.25) is 15.9 Å². The number of anilines is 1. The maximum absolute atomic E-state index is 13.0. The van der Waals surface area contributed by atoms with E-state index in [0.29, 0.717) is 18.8 Å². The molecule has 4 rings (SSSR count). The molecule has 174 valence electrons. The van der Waals surface area contributed by atoms with Crippen molar-refractivity contribution < 1.29 is 27.9 Å². The van der Waals surface area contributed by atoms with Crippen molar-refractivity contribution in [2.75, 3.05) is 31.1 Å². The fourth-order valence-corrected chi connectivity index (χ4v) is 5.71. The van der Waals surface area contributed by atoms with Gasteiger partial charge in [0.1, 0.15) is 0 Å². The molecule has 10 heteroatoms. The number of carboxylic acid groups (broad SMARTS) is 1. The van der Waals surface area contributed by atoms with Gasteiger partial charge in [-0.2, -0.15) is 4.31 Å². The van der Waals surface area contributed by atoms with Crippen molar-refractivity contribution in [1.82, 2.24) is 9.21 Å². The summed E-state index contributed by atoms with van der Waals surface area (Å²) in [5.74, 6) is -1.83. The zero-order valence-corrected chi connectivity index (χ0v) is 19.2. The zero-order valence-electron chi connectivity index (χ0n) is 18.4. The largest absolute Gasteiger partial charge is 0.478 e. The fourth-order valence-electron chi connectivity index (χ4n) is 4.20. The number of imide groups is 1. The van der Waals surface area contributed by atoms with Crippen molar-refractivity contribution in [2.24, 2.45) is 0 Å². The topological polar surface area (TPSA) is 115 Å². The van der Waals surface area contributed by atoms with Gasteiger partial charge in [0.15, 0.2) is 0 Å². The lowest BCUT2D eigenvalue weighted by Gasteiger charge is -2.36. The van der Waals surface area contributed by atoms with Crippen LogP contribution in [0.4, 0.5) is 5.69 Å². The first-order valence-electron chi connectivity index (χ1n) is 10.6. The van der Waals surface area contributed by atoms with E-state index in [0.717, 1.165) is 16.0 Å². The number of piperazine rings is 1. The molecule has 2 aliphatic heterocycles. The molecule has 1 unspecified atom stereocenters. The zero-order chi connectivity index (χ0) is 23.9. The van der Waals surface area contributed by atoms with Gasteiger partial charge in [-0.05, 0) is 61.4 Å². The quantitative estimate of drug-likeness (QED) is 0.659. The Morgan fingerprint density at radius 2 is 1.58 bits per heavy atom. The van der Waals surface area contributed by atoms with E-state index in [4.69, 9.17) is 5.11 Å². The van der Waals surface area contributed by atoms with Crippen LogP contribution in [-0.2, 0) is 19.6 Å². The highest BCUT2D eigenvalue weighted by Gasteiger charge is 2.44. The van der Waals surface area contributed by atoms with Crippen LogP contribution in [0.1, 0.15) is 27.9 Å². The van der Waals surface area contributed by atoms with Crippen molar-refractivity contribution in [3.8, 4) is 0 Å². The van der Waals surface area contributed by atoms with Crippen LogP contribution in [0.25, 0.3) is 0 Å². The number of carbonyl (C=O) groups is 3. The number of carboxylic acids is 1. The minimum atomic E-state index is -3.64. The number of benzene rings is 2. The second kappa shape index (κ2) is 8.69. The third-order valence-corrected chi connectivity index (χ3v) is 8.22. The monoisotopic (exact) mass is 471 g/mol. The summed E-state index contributed by atoms with van der Waals surface area (Å²) in [5.41, 5.74) is 2.32. The average Bonchev–Trinajstić information content (AvgIpc) is 3.09. The van der Waals surface area contributed by atoms with Gasteiger partial charge in [-0.25, -0.2) is 18.1 Å². The molecule has 0 spiro atoms. The van der Waals surface area contributed by atoms with Crippen molar-refractivity contribution in [3.63, 3.8) is 0 Å². The molecule has 0 saturated carbocycles. The maximum atomic E-state index is 13.0. The Labute approximate surface area is 192 Å². The van der Waals surface area contributed by atoms with Crippen LogP contribution in [0.5, 0.6) is 0 Å². The molecule has 2 aromatic rings. The number of hydrogen-bond donors (Lipinski definition) is 1. The Kier molecular flexibility index (Phi) is 6.08. The molecule has 2 amide bonds. The molecule has 2 saturated heterocycles. The summed E-state index contributed by atoms with van der Waals surface area (Å²) in [7, 11) is -3.64. The highest BCUT2D eigenvalue weighted by atomic mass is 32.2. The summed E-state index contributed by atoms with van der Waals surface area (Å²) in [6.07, 6.45) is 0.00339. The highest BCUT2D eigenvalue weighted by molar-refractivity contribution is 7.89. The number of carbonyl (C=O) groups excluding carboxylic acids is 2. The summed E-state index contributed by atoms with van der Waals surface area (Å²) in [6.45, 7) is 4.91. The SMILES string of the molecule is Cc1ccc(S(=O)(=O)N2CCN(C3CC(=O)N(c4ccc(C(=O)O)cc4)C3=O)CC2)cc1C. The molecule has 0 bridgehead atoms. The van der Waals surface area contributed by atoms with E-state index >= 15 is 0 Å². The van der Waals surface area contributed by atoms with Crippen LogP contribution in [0.2, 0.25) is 0 Å². The molecular formula is C23H25N3O6S. The fraction of sp³-hybridized carbons (Fsp3) is 0.348. The maximum Gasteiger partial charge on any atom is 0.335 e. The number of hydrogen-bond acceptors (Lipinski definition) is 6. The number of rotatable bonds is 5. The van der Waals surface area contributed by atoms with Crippen LogP contribution >= 0.6 is 0 Å². The molecule has 0 radical (unpaired) electrons. The Morgan fingerprint density at radius 3 is 2.15 bits per heavy atom. The van der Waals surface area contributed by atoms with Crippen LogP contribution in [0, 0.1) is 13.8 Å². The molecule has 1 N–H and O–H groups in total. The summed E-state index contributed by atoms with van der Waals surface area (Å²) < 4.78 is 27.5. The normalized spacial score (nSPS) is 20.4. The van der Waals surface area contributed by atoms with Gasteiger partial charge < -0.3 is 5.11 Å². The second-order valence-electron chi connectivity index (χ2n) is 8.33. The molecule has 0 aromatic heterocycles. The van der Waals surface area contributed by atoms with Crippen LogP contribution in [0.3, 0.4) is 0 Å². The lowest BCUT2D eigenvalue weighted by Crippen LogP contribution is -2.53. The number of aromatic carboxylic acids is 1. The number of nitrogens with zero attached hydrogens (tertiary/aromatic N) is 3. The lowest BCUT2D eigenvalue weighted by molar-refractivity contribution is -0.123. The molecule has 2 heterocycles. The molecule has 2 aliphatic rings. The minimum Gasteiger partial charge on any atom is -0.478 e. The summed E-state index contributed by atoms with van der Waals surface area (Å²) in [5, 5.41) is 9.03. The van der Waals surface area contributed by atoms with Gasteiger partial charge in [-0.1, -0.05) is 6.07 Å². The first kappa shape index (κ1) is 23.1. The van der Waals surface area contributed by atoms with Crippen molar-refractivity contribution in [3.05, 3.63) is 59.2 Å². The van der Waals surface area contributed by atoms with E-state index in [1.807, 2.05) is 18.7 Å². The van der Waals surface area contributed by atoms with Gasteiger partial charge in [0.05, 0.1) is 28.6 Å². The van der Waals surface area contributed by atoms with Crippen molar-refractivity contribution in [2.45, 2.75) is 31.2 Å². The van der Waals surface area contributed by atoms with Crippen LogP contribution in [-0.4, -0.2) is 72.7 Å². The highest BCUT2D eigenvalue weighted by Crippen LogP contribution is 2.28. The van der Waals surface area contributed by atoms with E-state index in [9.17, 15) is 22.8 Å². The number of aryl methyl sites for hydroxylation is 2. The van der Waals surface area contributed by atoms with E-state index in [1.165, 1.54) is 28.6 Å². The van der Waals surface area contributed by atoms with Gasteiger partial charge in [-0.15, -0.1) is 0 Å². The number of sulfonamides is 1. The summed E-state index contributed by atoms with van der Waals surface area (Å²) in [6, 6.07) is 9.98. The van der Waals surface area contributed by atoms with Gasteiger partial charge in [-0.3, -0.25) is 14.5 Å². The smallest absolute Gasteiger partial charge is 0.335 e. The summed E-state index contributed by atoms with van der Waals surface area (Å²) >= 11 is 0. The molecule has 33 heavy (non-hydrogen) atoms. The minimum absolute atomic E-state index is 0.00339. The Balaban J connectivity index is 1.44. The van der Waals surface area contributed by atoms with Crippen LogP contribution in [0.15, 0.2) is 47.4 Å². The third-order valence-electron chi connectivity index (χ3n) is 6.33. The predicted octanol–water partition coefficient (Wildman–Crippen LogP) is 1.64. The molecule has 2 aromatic carbocycles. The van der Waals surface area contributed by atoms with E-state index in [1.54, 1.807) is 18.2 Å². The van der Waals surface area contributed by atoms with Crippen LogP contribution < -0.4 is 4.90 Å². The van der Waals surface area contributed by atoms with E-state index in [2.05, 4.69) is 0 Å². The third kappa shape index (κ3) is 4.29. The second-order valence-corrected chi connectivity index (χ2v) is 10.3. The molecule has 9 nitrogen and oxygen atoms in total. The molecule has 2 fully saturated rings. The van der Waals surface area contributed by atoms with Crippen molar-refractivity contribution in [1.29, 1.82) is 0 Å². The molecule has 0 aliphatic carbocycles.